The molecule has 3 rings (SSSR count). The predicted molar refractivity (Wildman–Crippen MR) is 82.4 cm³/mol. The molecule has 1 fully saturated rings. The van der Waals surface area contributed by atoms with Crippen molar-refractivity contribution in [3.05, 3.63) is 65.2 Å². The Bertz CT molecular complexity index is 806. The van der Waals surface area contributed by atoms with Gasteiger partial charge in [-0.15, -0.1) is 0 Å². The fourth-order valence-corrected chi connectivity index (χ4v) is 2.63. The molecule has 0 bridgehead atoms. The van der Waals surface area contributed by atoms with Crippen LogP contribution in [0, 0.1) is 17.5 Å². The fourth-order valence-electron chi connectivity index (χ4n) is 2.63. The zero-order valence-electron chi connectivity index (χ0n) is 13.1. The average Bonchev–Trinajstić information content (AvgIpc) is 2.66. The second-order valence-corrected chi connectivity index (χ2v) is 5.52. The van der Waals surface area contributed by atoms with Crippen LogP contribution in [0.3, 0.4) is 0 Å². The number of pyridine rings is 1. The van der Waals surface area contributed by atoms with Crippen LogP contribution in [0.1, 0.15) is 20.8 Å². The lowest BCUT2D eigenvalue weighted by molar-refractivity contribution is 0.0529. The Morgan fingerprint density at radius 2 is 1.48 bits per heavy atom. The van der Waals surface area contributed by atoms with Crippen molar-refractivity contribution in [3.8, 4) is 0 Å². The average molecular weight is 349 g/mol. The molecule has 1 aliphatic heterocycles. The van der Waals surface area contributed by atoms with Gasteiger partial charge in [-0.05, 0) is 24.3 Å². The van der Waals surface area contributed by atoms with Crippen LogP contribution in [0.4, 0.5) is 13.2 Å². The molecule has 0 atom stereocenters. The highest BCUT2D eigenvalue weighted by atomic mass is 19.2. The van der Waals surface area contributed by atoms with Gasteiger partial charge in [0, 0.05) is 32.4 Å². The molecule has 0 radical (unpaired) electrons. The van der Waals surface area contributed by atoms with E-state index in [9.17, 15) is 22.8 Å². The monoisotopic (exact) mass is 349 g/mol. The van der Waals surface area contributed by atoms with Gasteiger partial charge in [-0.2, -0.15) is 0 Å². The van der Waals surface area contributed by atoms with Gasteiger partial charge in [0.1, 0.15) is 5.69 Å². The molecule has 0 spiro atoms. The lowest BCUT2D eigenvalue weighted by atomic mass is 10.1. The molecule has 0 saturated carbocycles. The summed E-state index contributed by atoms with van der Waals surface area (Å²) in [5, 5.41) is 0. The van der Waals surface area contributed by atoms with Crippen LogP contribution in [0.25, 0.3) is 0 Å². The third-order valence-electron chi connectivity index (χ3n) is 4.00. The molecule has 2 amide bonds. The first-order valence-corrected chi connectivity index (χ1v) is 7.62. The van der Waals surface area contributed by atoms with Crippen LogP contribution >= 0.6 is 0 Å². The number of halogens is 3. The van der Waals surface area contributed by atoms with E-state index in [1.807, 2.05) is 0 Å². The number of aromatic nitrogens is 1. The topological polar surface area (TPSA) is 53.5 Å². The molecule has 0 aliphatic carbocycles. The van der Waals surface area contributed by atoms with Crippen LogP contribution in [0.15, 0.2) is 36.5 Å². The van der Waals surface area contributed by atoms with Crippen LogP contribution in [0.2, 0.25) is 0 Å². The zero-order valence-corrected chi connectivity index (χ0v) is 13.1. The van der Waals surface area contributed by atoms with Crippen LogP contribution < -0.4 is 0 Å². The van der Waals surface area contributed by atoms with Gasteiger partial charge in [0.15, 0.2) is 17.5 Å². The maximum atomic E-state index is 13.8. The van der Waals surface area contributed by atoms with E-state index in [2.05, 4.69) is 4.98 Å². The first-order chi connectivity index (χ1) is 12.0. The van der Waals surface area contributed by atoms with E-state index in [1.54, 1.807) is 18.2 Å². The molecule has 0 N–H and O–H groups in total. The third kappa shape index (κ3) is 3.33. The summed E-state index contributed by atoms with van der Waals surface area (Å²) < 4.78 is 40.0. The molecule has 1 aromatic heterocycles. The summed E-state index contributed by atoms with van der Waals surface area (Å²) >= 11 is 0. The number of amides is 2. The molecule has 2 aromatic rings. The minimum Gasteiger partial charge on any atom is -0.335 e. The van der Waals surface area contributed by atoms with Gasteiger partial charge in [-0.25, -0.2) is 13.2 Å². The summed E-state index contributed by atoms with van der Waals surface area (Å²) in [5.74, 6) is -5.51. The molecule has 0 unspecified atom stereocenters. The van der Waals surface area contributed by atoms with E-state index < -0.39 is 28.9 Å². The van der Waals surface area contributed by atoms with Crippen molar-refractivity contribution in [2.75, 3.05) is 26.2 Å². The Morgan fingerprint density at radius 1 is 0.840 bits per heavy atom. The smallest absolute Gasteiger partial charge is 0.272 e. The molecule has 8 heteroatoms. The van der Waals surface area contributed by atoms with E-state index in [4.69, 9.17) is 0 Å². The van der Waals surface area contributed by atoms with Crippen molar-refractivity contribution < 1.29 is 22.8 Å². The normalized spacial score (nSPS) is 14.5. The molecular weight excluding hydrogens is 335 g/mol. The molecule has 130 valence electrons. The van der Waals surface area contributed by atoms with Crippen molar-refractivity contribution in [1.82, 2.24) is 14.8 Å². The first kappa shape index (κ1) is 16.9. The molecule has 5 nitrogen and oxygen atoms in total. The minimum atomic E-state index is -1.67. The van der Waals surface area contributed by atoms with Crippen molar-refractivity contribution in [2.45, 2.75) is 0 Å². The van der Waals surface area contributed by atoms with Crippen molar-refractivity contribution in [2.24, 2.45) is 0 Å². The Balaban J connectivity index is 1.67. The Hall–Kier alpha value is -2.90. The maximum Gasteiger partial charge on any atom is 0.272 e. The van der Waals surface area contributed by atoms with E-state index in [-0.39, 0.29) is 32.1 Å². The highest BCUT2D eigenvalue weighted by Gasteiger charge is 2.28. The second-order valence-electron chi connectivity index (χ2n) is 5.52. The van der Waals surface area contributed by atoms with Gasteiger partial charge in [0.25, 0.3) is 11.8 Å². The summed E-state index contributed by atoms with van der Waals surface area (Å²) in [6.45, 7) is 0.810. The van der Waals surface area contributed by atoms with E-state index in [0.717, 1.165) is 6.07 Å². The first-order valence-electron chi connectivity index (χ1n) is 7.62. The number of nitrogens with zero attached hydrogens (tertiary/aromatic N) is 3. The number of carbonyl (C=O) groups excluding carboxylic acids is 2. The summed E-state index contributed by atoms with van der Waals surface area (Å²) in [6.07, 6.45) is 1.51. The van der Waals surface area contributed by atoms with Crippen LogP contribution in [-0.4, -0.2) is 52.8 Å². The molecule has 1 saturated heterocycles. The number of carbonyl (C=O) groups is 2. The molecular formula is C17H14F3N3O2. The van der Waals surface area contributed by atoms with Gasteiger partial charge in [-0.3, -0.25) is 14.6 Å². The van der Waals surface area contributed by atoms with Crippen LogP contribution in [0.5, 0.6) is 0 Å². The van der Waals surface area contributed by atoms with Crippen molar-refractivity contribution >= 4 is 11.8 Å². The number of hydrogen-bond acceptors (Lipinski definition) is 3. The number of hydrogen-bond donors (Lipinski definition) is 0. The Labute approximate surface area is 141 Å². The Kier molecular flexibility index (Phi) is 4.69. The summed E-state index contributed by atoms with van der Waals surface area (Å²) in [5.41, 5.74) is -0.225. The summed E-state index contributed by atoms with van der Waals surface area (Å²) in [4.78, 5) is 31.4. The highest BCUT2D eigenvalue weighted by molar-refractivity contribution is 5.95. The van der Waals surface area contributed by atoms with Crippen molar-refractivity contribution in [1.29, 1.82) is 0 Å². The highest BCUT2D eigenvalue weighted by Crippen LogP contribution is 2.18. The number of benzene rings is 1. The molecule has 25 heavy (non-hydrogen) atoms. The SMILES string of the molecule is O=C(c1ccccn1)N1CCN(C(=O)c2ccc(F)c(F)c2F)CC1. The molecule has 2 heterocycles. The Morgan fingerprint density at radius 3 is 2.08 bits per heavy atom. The van der Waals surface area contributed by atoms with E-state index in [0.29, 0.717) is 11.8 Å². The van der Waals surface area contributed by atoms with E-state index >= 15 is 0 Å². The van der Waals surface area contributed by atoms with E-state index in [1.165, 1.54) is 16.0 Å². The lowest BCUT2D eigenvalue weighted by Crippen LogP contribution is -2.50. The third-order valence-corrected chi connectivity index (χ3v) is 4.00. The van der Waals surface area contributed by atoms with Gasteiger partial charge < -0.3 is 9.80 Å². The quantitative estimate of drug-likeness (QED) is 0.781. The minimum absolute atomic E-state index is 0.163. The summed E-state index contributed by atoms with van der Waals surface area (Å²) in [7, 11) is 0. The number of piperazine rings is 1. The van der Waals surface area contributed by atoms with Gasteiger partial charge in [0.2, 0.25) is 0 Å². The second kappa shape index (κ2) is 6.92. The van der Waals surface area contributed by atoms with Crippen molar-refractivity contribution in [3.63, 3.8) is 0 Å². The summed E-state index contributed by atoms with van der Waals surface area (Å²) in [6, 6.07) is 6.63. The lowest BCUT2D eigenvalue weighted by Gasteiger charge is -2.34. The van der Waals surface area contributed by atoms with Gasteiger partial charge in [0.05, 0.1) is 5.56 Å². The predicted octanol–water partition coefficient (Wildman–Crippen LogP) is 2.10. The largest absolute Gasteiger partial charge is 0.335 e. The standard InChI is InChI=1S/C17H14F3N3O2/c18-12-5-4-11(14(19)15(12)20)16(24)22-7-9-23(10-8-22)17(25)13-3-1-2-6-21-13/h1-6H,7-10H2. The maximum absolute atomic E-state index is 13.8. The zero-order chi connectivity index (χ0) is 18.0. The number of rotatable bonds is 2. The van der Waals surface area contributed by atoms with Crippen LogP contribution in [-0.2, 0) is 0 Å². The van der Waals surface area contributed by atoms with Gasteiger partial charge in [-0.1, -0.05) is 6.07 Å². The molecule has 1 aromatic carbocycles. The fraction of sp³-hybridized carbons (Fsp3) is 0.235. The molecule has 1 aliphatic rings. The van der Waals surface area contributed by atoms with Gasteiger partial charge >= 0.3 is 0 Å².